The summed E-state index contributed by atoms with van der Waals surface area (Å²) in [4.78, 5) is 0. The standard InChI is InChI=1S/C11H17F6NO/c12-10(13,14)9(11(15,16)17)8(18)5-1-3-7-4-2-6-19-7/h7-9H,1-6,18H2. The molecule has 2 nitrogen and oxygen atoms in total. The minimum Gasteiger partial charge on any atom is -0.378 e. The van der Waals surface area contributed by atoms with E-state index < -0.39 is 24.3 Å². The van der Waals surface area contributed by atoms with Crippen LogP contribution in [0.1, 0.15) is 32.1 Å². The zero-order valence-corrected chi connectivity index (χ0v) is 10.2. The maximum atomic E-state index is 12.4. The molecular formula is C11H17F6NO. The van der Waals surface area contributed by atoms with E-state index in [1.165, 1.54) is 0 Å². The summed E-state index contributed by atoms with van der Waals surface area (Å²) in [6.07, 6.45) is -8.75. The Labute approximate surface area is 107 Å². The number of alkyl halides is 6. The molecule has 2 unspecified atom stereocenters. The van der Waals surface area contributed by atoms with Gasteiger partial charge in [0, 0.05) is 12.6 Å². The molecule has 0 bridgehead atoms. The predicted octanol–water partition coefficient (Wildman–Crippen LogP) is 3.40. The van der Waals surface area contributed by atoms with Gasteiger partial charge in [0.1, 0.15) is 0 Å². The minimum atomic E-state index is -5.36. The molecule has 1 saturated heterocycles. The molecule has 0 radical (unpaired) electrons. The molecule has 114 valence electrons. The molecule has 0 aliphatic carbocycles. The lowest BCUT2D eigenvalue weighted by Gasteiger charge is -2.28. The van der Waals surface area contributed by atoms with Gasteiger partial charge in [-0.05, 0) is 32.1 Å². The quantitative estimate of drug-likeness (QED) is 0.788. The first-order valence-corrected chi connectivity index (χ1v) is 6.13. The first-order chi connectivity index (χ1) is 8.62. The van der Waals surface area contributed by atoms with Gasteiger partial charge >= 0.3 is 12.4 Å². The molecule has 1 aliphatic heterocycles. The average molecular weight is 293 g/mol. The van der Waals surface area contributed by atoms with Crippen molar-refractivity contribution < 1.29 is 31.1 Å². The van der Waals surface area contributed by atoms with E-state index in [0.29, 0.717) is 13.0 Å². The molecule has 0 spiro atoms. The summed E-state index contributed by atoms with van der Waals surface area (Å²) in [7, 11) is 0. The summed E-state index contributed by atoms with van der Waals surface area (Å²) in [5, 5.41) is 0. The van der Waals surface area contributed by atoms with Crippen LogP contribution in [0, 0.1) is 5.92 Å². The number of ether oxygens (including phenoxy) is 1. The fraction of sp³-hybridized carbons (Fsp3) is 1.00. The second-order valence-electron chi connectivity index (χ2n) is 4.79. The van der Waals surface area contributed by atoms with E-state index in [0.717, 1.165) is 12.8 Å². The lowest BCUT2D eigenvalue weighted by atomic mass is 9.93. The predicted molar refractivity (Wildman–Crippen MR) is 56.4 cm³/mol. The topological polar surface area (TPSA) is 35.2 Å². The normalized spacial score (nSPS) is 23.1. The highest BCUT2D eigenvalue weighted by Gasteiger charge is 2.59. The SMILES string of the molecule is NC(CCCC1CCCO1)C(C(F)(F)F)C(F)(F)F. The zero-order valence-electron chi connectivity index (χ0n) is 10.2. The van der Waals surface area contributed by atoms with Crippen molar-refractivity contribution in [3.05, 3.63) is 0 Å². The Morgan fingerprint density at radius 2 is 1.68 bits per heavy atom. The van der Waals surface area contributed by atoms with Gasteiger partial charge in [-0.15, -0.1) is 0 Å². The molecule has 8 heteroatoms. The molecule has 2 N–H and O–H groups in total. The van der Waals surface area contributed by atoms with Gasteiger partial charge in [-0.1, -0.05) is 0 Å². The molecule has 0 aromatic carbocycles. The zero-order chi connectivity index (χ0) is 14.7. The number of hydrogen-bond donors (Lipinski definition) is 1. The van der Waals surface area contributed by atoms with Crippen molar-refractivity contribution in [1.82, 2.24) is 0 Å². The van der Waals surface area contributed by atoms with Crippen LogP contribution in [-0.2, 0) is 4.74 Å². The van der Waals surface area contributed by atoms with Crippen LogP contribution in [0.4, 0.5) is 26.3 Å². The lowest BCUT2D eigenvalue weighted by molar-refractivity contribution is -0.289. The van der Waals surface area contributed by atoms with Crippen LogP contribution in [0.3, 0.4) is 0 Å². The molecule has 1 rings (SSSR count). The third-order valence-corrected chi connectivity index (χ3v) is 3.22. The van der Waals surface area contributed by atoms with Crippen LogP contribution in [-0.4, -0.2) is 31.1 Å². The van der Waals surface area contributed by atoms with Crippen molar-refractivity contribution >= 4 is 0 Å². The van der Waals surface area contributed by atoms with Gasteiger partial charge in [0.15, 0.2) is 5.92 Å². The minimum absolute atomic E-state index is 0.0533. The Bertz CT molecular complexity index is 257. The highest BCUT2D eigenvalue weighted by molar-refractivity contribution is 4.85. The Morgan fingerprint density at radius 1 is 1.11 bits per heavy atom. The van der Waals surface area contributed by atoms with E-state index in [-0.39, 0.29) is 18.9 Å². The molecule has 2 atom stereocenters. The Morgan fingerprint density at radius 3 is 2.11 bits per heavy atom. The van der Waals surface area contributed by atoms with Gasteiger partial charge in [-0.3, -0.25) is 0 Å². The summed E-state index contributed by atoms with van der Waals surface area (Å²) in [6.45, 7) is 0.602. The van der Waals surface area contributed by atoms with Crippen molar-refractivity contribution in [3.8, 4) is 0 Å². The second kappa shape index (κ2) is 6.30. The Balaban J connectivity index is 2.45. The monoisotopic (exact) mass is 293 g/mol. The highest BCUT2D eigenvalue weighted by Crippen LogP contribution is 2.41. The van der Waals surface area contributed by atoms with E-state index in [9.17, 15) is 26.3 Å². The first kappa shape index (κ1) is 16.6. The summed E-state index contributed by atoms with van der Waals surface area (Å²) in [6, 6.07) is -1.96. The van der Waals surface area contributed by atoms with Crippen molar-refractivity contribution in [2.75, 3.05) is 6.61 Å². The Hall–Kier alpha value is -0.500. The fourth-order valence-electron chi connectivity index (χ4n) is 2.29. The van der Waals surface area contributed by atoms with E-state index in [2.05, 4.69) is 0 Å². The van der Waals surface area contributed by atoms with Gasteiger partial charge in [-0.2, -0.15) is 26.3 Å². The van der Waals surface area contributed by atoms with Gasteiger partial charge < -0.3 is 10.5 Å². The van der Waals surface area contributed by atoms with Crippen molar-refractivity contribution in [1.29, 1.82) is 0 Å². The summed E-state index contributed by atoms with van der Waals surface area (Å²) in [5.74, 6) is -3.45. The van der Waals surface area contributed by atoms with Crippen LogP contribution >= 0.6 is 0 Å². The maximum absolute atomic E-state index is 12.4. The van der Waals surface area contributed by atoms with Crippen LogP contribution in [0.2, 0.25) is 0 Å². The molecule has 1 heterocycles. The van der Waals surface area contributed by atoms with Crippen LogP contribution in [0.5, 0.6) is 0 Å². The highest BCUT2D eigenvalue weighted by atomic mass is 19.4. The summed E-state index contributed by atoms with van der Waals surface area (Å²) < 4.78 is 79.5. The molecule has 1 aliphatic rings. The second-order valence-corrected chi connectivity index (χ2v) is 4.79. The molecule has 0 aromatic rings. The third-order valence-electron chi connectivity index (χ3n) is 3.22. The van der Waals surface area contributed by atoms with Gasteiger partial charge in [0.05, 0.1) is 6.10 Å². The molecule has 19 heavy (non-hydrogen) atoms. The average Bonchev–Trinajstić information content (AvgIpc) is 2.65. The third kappa shape index (κ3) is 5.18. The van der Waals surface area contributed by atoms with Crippen molar-refractivity contribution in [2.45, 2.75) is 56.6 Å². The number of halogens is 6. The molecule has 0 aromatic heterocycles. The van der Waals surface area contributed by atoms with E-state index in [4.69, 9.17) is 10.5 Å². The summed E-state index contributed by atoms with van der Waals surface area (Å²) >= 11 is 0. The maximum Gasteiger partial charge on any atom is 0.401 e. The number of rotatable bonds is 5. The number of nitrogens with two attached hydrogens (primary N) is 1. The molecule has 1 fully saturated rings. The molecule has 0 saturated carbocycles. The van der Waals surface area contributed by atoms with Crippen LogP contribution < -0.4 is 5.73 Å². The van der Waals surface area contributed by atoms with E-state index in [1.54, 1.807) is 0 Å². The van der Waals surface area contributed by atoms with Crippen molar-refractivity contribution in [2.24, 2.45) is 11.7 Å². The number of hydrogen-bond acceptors (Lipinski definition) is 2. The van der Waals surface area contributed by atoms with Gasteiger partial charge in [0.25, 0.3) is 0 Å². The molecule has 0 amide bonds. The van der Waals surface area contributed by atoms with Crippen LogP contribution in [0.25, 0.3) is 0 Å². The first-order valence-electron chi connectivity index (χ1n) is 6.13. The van der Waals surface area contributed by atoms with E-state index in [1.807, 2.05) is 0 Å². The Kier molecular flexibility index (Phi) is 5.49. The van der Waals surface area contributed by atoms with Gasteiger partial charge in [0.2, 0.25) is 0 Å². The molecular weight excluding hydrogens is 276 g/mol. The summed E-state index contributed by atoms with van der Waals surface area (Å²) in [5.41, 5.74) is 5.09. The van der Waals surface area contributed by atoms with E-state index >= 15 is 0 Å². The fourth-order valence-corrected chi connectivity index (χ4v) is 2.29. The van der Waals surface area contributed by atoms with Crippen molar-refractivity contribution in [3.63, 3.8) is 0 Å². The largest absolute Gasteiger partial charge is 0.401 e. The smallest absolute Gasteiger partial charge is 0.378 e. The lowest BCUT2D eigenvalue weighted by Crippen LogP contribution is -2.48. The van der Waals surface area contributed by atoms with Gasteiger partial charge in [-0.25, -0.2) is 0 Å². The van der Waals surface area contributed by atoms with Crippen LogP contribution in [0.15, 0.2) is 0 Å².